The lowest BCUT2D eigenvalue weighted by atomic mass is 9.85. The summed E-state index contributed by atoms with van der Waals surface area (Å²) in [5.41, 5.74) is 1.48. The van der Waals surface area contributed by atoms with Gasteiger partial charge in [0.05, 0.1) is 0 Å². The van der Waals surface area contributed by atoms with E-state index in [1.165, 1.54) is 24.8 Å². The second-order valence-electron chi connectivity index (χ2n) is 3.17. The molecule has 0 aliphatic heterocycles. The summed E-state index contributed by atoms with van der Waals surface area (Å²) in [5.74, 6) is 0.694. The number of allylic oxidation sites excluding steroid dienone is 5. The zero-order chi connectivity index (χ0) is 7.68. The van der Waals surface area contributed by atoms with E-state index in [2.05, 4.69) is 36.9 Å². The van der Waals surface area contributed by atoms with Crippen molar-refractivity contribution in [1.29, 1.82) is 0 Å². The molecule has 1 unspecified atom stereocenters. The largest absolute Gasteiger partial charge is 0.143 e. The summed E-state index contributed by atoms with van der Waals surface area (Å²) < 4.78 is 0. The van der Waals surface area contributed by atoms with Crippen molar-refractivity contribution in [2.45, 2.75) is 19.3 Å². The minimum atomic E-state index is 0.694. The van der Waals surface area contributed by atoms with Crippen molar-refractivity contribution in [1.82, 2.24) is 0 Å². The van der Waals surface area contributed by atoms with E-state index in [4.69, 9.17) is 0 Å². The Morgan fingerprint density at radius 2 is 2.36 bits per heavy atom. The topological polar surface area (TPSA) is 0 Å². The predicted molar refractivity (Wildman–Crippen MR) is 51.6 cm³/mol. The molecule has 0 heterocycles. The summed E-state index contributed by atoms with van der Waals surface area (Å²) in [4.78, 5) is 1.09. The van der Waals surface area contributed by atoms with Gasteiger partial charge in [0.1, 0.15) is 0 Å². The number of rotatable bonds is 0. The van der Waals surface area contributed by atoms with Crippen molar-refractivity contribution in [2.75, 3.05) is 0 Å². The second kappa shape index (κ2) is 2.90. The van der Waals surface area contributed by atoms with Crippen LogP contribution < -0.4 is 0 Å². The molecule has 2 aliphatic carbocycles. The Hall–Kier alpha value is -0.430. The molecule has 0 bridgehead atoms. The molecule has 0 aromatic rings. The summed E-state index contributed by atoms with van der Waals surface area (Å²) in [6.07, 6.45) is 12.8. The Labute approximate surface area is 73.1 Å². The fourth-order valence-corrected chi connectivity index (χ4v) is 1.97. The average Bonchev–Trinajstić information content (AvgIpc) is 2.04. The molecule has 0 nitrogen and oxygen atoms in total. The molecule has 58 valence electrons. The highest BCUT2D eigenvalue weighted by Gasteiger charge is 2.15. The van der Waals surface area contributed by atoms with E-state index in [0.29, 0.717) is 5.92 Å². The standard InChI is InChI=1S/C10H12S/c11-10-6-5-8-3-1-2-4-9(8)7-10/h4-8,11H,1-3H2. The monoisotopic (exact) mass is 164 g/mol. The van der Waals surface area contributed by atoms with Crippen LogP contribution in [0.25, 0.3) is 0 Å². The van der Waals surface area contributed by atoms with Crippen molar-refractivity contribution < 1.29 is 0 Å². The maximum atomic E-state index is 4.31. The van der Waals surface area contributed by atoms with E-state index >= 15 is 0 Å². The molecule has 1 atom stereocenters. The van der Waals surface area contributed by atoms with Gasteiger partial charge in [-0.1, -0.05) is 18.2 Å². The first-order valence-electron chi connectivity index (χ1n) is 4.15. The quantitative estimate of drug-likeness (QED) is 0.522. The molecule has 0 radical (unpaired) electrons. The smallest absolute Gasteiger partial charge is 0.00398 e. The molecule has 0 saturated heterocycles. The molecule has 1 heteroatoms. The van der Waals surface area contributed by atoms with E-state index in [0.717, 1.165) is 4.91 Å². The van der Waals surface area contributed by atoms with Crippen molar-refractivity contribution in [3.05, 3.63) is 34.8 Å². The van der Waals surface area contributed by atoms with Gasteiger partial charge in [0.15, 0.2) is 0 Å². The average molecular weight is 164 g/mol. The molecule has 0 aromatic carbocycles. The molecule has 0 N–H and O–H groups in total. The zero-order valence-corrected chi connectivity index (χ0v) is 7.35. The number of thiol groups is 1. The fourth-order valence-electron chi connectivity index (χ4n) is 1.73. The summed E-state index contributed by atoms with van der Waals surface area (Å²) in [7, 11) is 0. The summed E-state index contributed by atoms with van der Waals surface area (Å²) in [6.45, 7) is 0. The third-order valence-electron chi connectivity index (χ3n) is 2.34. The lowest BCUT2D eigenvalue weighted by molar-refractivity contribution is 0.606. The molecule has 2 rings (SSSR count). The normalized spacial score (nSPS) is 29.0. The van der Waals surface area contributed by atoms with Gasteiger partial charge in [-0.15, -0.1) is 12.6 Å². The SMILES string of the molecule is SC1=CC2=CCCCC2C=C1. The summed E-state index contributed by atoms with van der Waals surface area (Å²) in [6, 6.07) is 0. The van der Waals surface area contributed by atoms with E-state index in [9.17, 15) is 0 Å². The Morgan fingerprint density at radius 3 is 3.27 bits per heavy atom. The minimum Gasteiger partial charge on any atom is -0.143 e. The Kier molecular flexibility index (Phi) is 1.91. The van der Waals surface area contributed by atoms with Crippen LogP contribution in [0.2, 0.25) is 0 Å². The van der Waals surface area contributed by atoms with E-state index < -0.39 is 0 Å². The minimum absolute atomic E-state index is 0.694. The number of hydrogen-bond acceptors (Lipinski definition) is 1. The maximum absolute atomic E-state index is 4.31. The third-order valence-corrected chi connectivity index (χ3v) is 2.62. The van der Waals surface area contributed by atoms with Gasteiger partial charge in [0.25, 0.3) is 0 Å². The molecule has 2 aliphatic rings. The van der Waals surface area contributed by atoms with Crippen LogP contribution in [0.5, 0.6) is 0 Å². The maximum Gasteiger partial charge on any atom is 0.00398 e. The number of hydrogen-bond donors (Lipinski definition) is 1. The summed E-state index contributed by atoms with van der Waals surface area (Å²) >= 11 is 4.31. The van der Waals surface area contributed by atoms with E-state index in [1.807, 2.05) is 0 Å². The van der Waals surface area contributed by atoms with Gasteiger partial charge in [0.2, 0.25) is 0 Å². The first kappa shape index (κ1) is 7.23. The summed E-state index contributed by atoms with van der Waals surface area (Å²) in [5, 5.41) is 0. The van der Waals surface area contributed by atoms with Crippen LogP contribution in [0.15, 0.2) is 34.8 Å². The molecular weight excluding hydrogens is 152 g/mol. The van der Waals surface area contributed by atoms with Crippen LogP contribution in [-0.4, -0.2) is 0 Å². The zero-order valence-electron chi connectivity index (χ0n) is 6.46. The van der Waals surface area contributed by atoms with Crippen LogP contribution in [0.4, 0.5) is 0 Å². The molecule has 0 aromatic heterocycles. The number of fused-ring (bicyclic) bond motifs is 1. The van der Waals surface area contributed by atoms with Crippen LogP contribution in [-0.2, 0) is 0 Å². The van der Waals surface area contributed by atoms with Crippen molar-refractivity contribution in [2.24, 2.45) is 5.92 Å². The van der Waals surface area contributed by atoms with E-state index in [-0.39, 0.29) is 0 Å². The lowest BCUT2D eigenvalue weighted by Gasteiger charge is -2.21. The van der Waals surface area contributed by atoms with Gasteiger partial charge >= 0.3 is 0 Å². The van der Waals surface area contributed by atoms with Gasteiger partial charge < -0.3 is 0 Å². The van der Waals surface area contributed by atoms with Crippen molar-refractivity contribution >= 4 is 12.6 Å². The molecule has 0 spiro atoms. The molecule has 11 heavy (non-hydrogen) atoms. The molecule has 0 saturated carbocycles. The Balaban J connectivity index is 2.29. The van der Waals surface area contributed by atoms with Crippen LogP contribution in [0.3, 0.4) is 0 Å². The second-order valence-corrected chi connectivity index (χ2v) is 3.69. The Morgan fingerprint density at radius 1 is 1.45 bits per heavy atom. The van der Waals surface area contributed by atoms with Crippen LogP contribution >= 0.6 is 12.6 Å². The van der Waals surface area contributed by atoms with E-state index in [1.54, 1.807) is 0 Å². The van der Waals surface area contributed by atoms with Crippen LogP contribution in [0.1, 0.15) is 19.3 Å². The third kappa shape index (κ3) is 1.43. The van der Waals surface area contributed by atoms with Gasteiger partial charge in [-0.25, -0.2) is 0 Å². The lowest BCUT2D eigenvalue weighted by Crippen LogP contribution is -2.06. The fraction of sp³-hybridized carbons (Fsp3) is 0.400. The first-order chi connectivity index (χ1) is 5.36. The van der Waals surface area contributed by atoms with Crippen LogP contribution in [0, 0.1) is 5.92 Å². The molecule has 0 fully saturated rings. The highest BCUT2D eigenvalue weighted by Crippen LogP contribution is 2.31. The molecular formula is C10H12S. The highest BCUT2D eigenvalue weighted by molar-refractivity contribution is 7.84. The van der Waals surface area contributed by atoms with Gasteiger partial charge in [-0.2, -0.15) is 0 Å². The highest BCUT2D eigenvalue weighted by atomic mass is 32.1. The van der Waals surface area contributed by atoms with Crippen molar-refractivity contribution in [3.63, 3.8) is 0 Å². The molecule has 0 amide bonds. The Bertz CT molecular complexity index is 246. The predicted octanol–water partition coefficient (Wildman–Crippen LogP) is 3.10. The van der Waals surface area contributed by atoms with Crippen molar-refractivity contribution in [3.8, 4) is 0 Å². The van der Waals surface area contributed by atoms with Gasteiger partial charge in [-0.3, -0.25) is 0 Å². The first-order valence-corrected chi connectivity index (χ1v) is 4.60. The van der Waals surface area contributed by atoms with Gasteiger partial charge in [0, 0.05) is 10.8 Å². The van der Waals surface area contributed by atoms with Gasteiger partial charge in [-0.05, 0) is 30.9 Å².